The van der Waals surface area contributed by atoms with Crippen LogP contribution in [-0.2, 0) is 4.74 Å². The second-order valence-electron chi connectivity index (χ2n) is 3.06. The third-order valence-corrected chi connectivity index (χ3v) is 1.93. The Hall–Kier alpha value is -1.29. The maximum Gasteiger partial charge on any atom is 0.146 e. The van der Waals surface area contributed by atoms with Crippen molar-refractivity contribution in [3.05, 3.63) is 18.3 Å². The van der Waals surface area contributed by atoms with Crippen molar-refractivity contribution < 1.29 is 4.74 Å². The third-order valence-electron chi connectivity index (χ3n) is 1.93. The summed E-state index contributed by atoms with van der Waals surface area (Å²) in [4.78, 5) is 3.98. The zero-order valence-electron chi connectivity index (χ0n) is 8.49. The van der Waals surface area contributed by atoms with Gasteiger partial charge in [-0.15, -0.1) is 0 Å². The van der Waals surface area contributed by atoms with Crippen molar-refractivity contribution >= 4 is 11.5 Å². The fraction of sp³-hybridized carbons (Fsp3) is 0.500. The van der Waals surface area contributed by atoms with Crippen molar-refractivity contribution in [3.8, 4) is 0 Å². The molecule has 0 aliphatic rings. The second kappa shape index (κ2) is 6.21. The number of nitrogen functional groups attached to an aromatic ring is 1. The number of unbranched alkanes of at least 4 members (excludes halogenated alkanes) is 1. The molecule has 0 atom stereocenters. The Labute approximate surface area is 84.5 Å². The molecule has 78 valence electrons. The van der Waals surface area contributed by atoms with E-state index in [0.29, 0.717) is 5.82 Å². The Morgan fingerprint density at radius 2 is 2.36 bits per heavy atom. The Morgan fingerprint density at radius 3 is 3.07 bits per heavy atom. The zero-order valence-corrected chi connectivity index (χ0v) is 8.49. The average molecular weight is 195 g/mol. The number of ether oxygens (including phenoxy) is 1. The molecule has 0 amide bonds. The van der Waals surface area contributed by atoms with Gasteiger partial charge in [0.05, 0.1) is 5.69 Å². The van der Waals surface area contributed by atoms with Crippen molar-refractivity contribution in [1.29, 1.82) is 0 Å². The third kappa shape index (κ3) is 3.62. The molecule has 0 saturated carbocycles. The number of hydrogen-bond donors (Lipinski definition) is 2. The van der Waals surface area contributed by atoms with Crippen LogP contribution < -0.4 is 11.1 Å². The van der Waals surface area contributed by atoms with E-state index in [1.165, 1.54) is 0 Å². The van der Waals surface area contributed by atoms with Crippen LogP contribution in [-0.4, -0.2) is 25.2 Å². The maximum absolute atomic E-state index is 5.66. The summed E-state index contributed by atoms with van der Waals surface area (Å²) in [7, 11) is 1.71. The van der Waals surface area contributed by atoms with Crippen LogP contribution in [0.1, 0.15) is 12.8 Å². The lowest BCUT2D eigenvalue weighted by atomic mass is 10.3. The molecule has 0 aliphatic heterocycles. The van der Waals surface area contributed by atoms with E-state index >= 15 is 0 Å². The van der Waals surface area contributed by atoms with Crippen LogP contribution in [0.25, 0.3) is 0 Å². The number of nitrogens with zero attached hydrogens (tertiary/aromatic N) is 1. The van der Waals surface area contributed by atoms with Crippen molar-refractivity contribution in [3.63, 3.8) is 0 Å². The lowest BCUT2D eigenvalue weighted by Crippen LogP contribution is -2.05. The highest BCUT2D eigenvalue weighted by Gasteiger charge is 1.96. The van der Waals surface area contributed by atoms with Gasteiger partial charge in [0.1, 0.15) is 5.82 Å². The van der Waals surface area contributed by atoms with Gasteiger partial charge in [0, 0.05) is 26.5 Å². The van der Waals surface area contributed by atoms with Gasteiger partial charge in [-0.2, -0.15) is 0 Å². The van der Waals surface area contributed by atoms with Gasteiger partial charge in [-0.05, 0) is 25.0 Å². The van der Waals surface area contributed by atoms with E-state index in [1.807, 2.05) is 12.1 Å². The van der Waals surface area contributed by atoms with Gasteiger partial charge in [-0.1, -0.05) is 0 Å². The van der Waals surface area contributed by atoms with Gasteiger partial charge < -0.3 is 15.8 Å². The number of rotatable bonds is 6. The first-order valence-corrected chi connectivity index (χ1v) is 4.78. The van der Waals surface area contributed by atoms with E-state index in [0.717, 1.165) is 31.7 Å². The highest BCUT2D eigenvalue weighted by atomic mass is 16.5. The number of aromatic nitrogens is 1. The Kier molecular flexibility index (Phi) is 4.78. The minimum absolute atomic E-state index is 0.555. The fourth-order valence-electron chi connectivity index (χ4n) is 1.16. The lowest BCUT2D eigenvalue weighted by molar-refractivity contribution is 0.194. The summed E-state index contributed by atoms with van der Waals surface area (Å²) in [5, 5.41) is 3.23. The second-order valence-corrected chi connectivity index (χ2v) is 3.06. The summed E-state index contributed by atoms with van der Waals surface area (Å²) in [6, 6.07) is 3.80. The summed E-state index contributed by atoms with van der Waals surface area (Å²) >= 11 is 0. The quantitative estimate of drug-likeness (QED) is 0.675. The van der Waals surface area contributed by atoms with Crippen LogP contribution in [0.15, 0.2) is 18.3 Å². The molecule has 0 radical (unpaired) electrons. The van der Waals surface area contributed by atoms with Crippen LogP contribution in [0.2, 0.25) is 0 Å². The average Bonchev–Trinajstić information content (AvgIpc) is 2.20. The smallest absolute Gasteiger partial charge is 0.146 e. The lowest BCUT2D eigenvalue weighted by Gasteiger charge is -2.07. The number of anilines is 2. The van der Waals surface area contributed by atoms with Crippen LogP contribution in [0.4, 0.5) is 11.5 Å². The molecule has 0 fully saturated rings. The number of nitrogens with one attached hydrogen (secondary N) is 1. The first-order chi connectivity index (χ1) is 6.84. The van der Waals surface area contributed by atoms with Gasteiger partial charge in [0.25, 0.3) is 0 Å². The fourth-order valence-corrected chi connectivity index (χ4v) is 1.16. The van der Waals surface area contributed by atoms with Crippen molar-refractivity contribution in [1.82, 2.24) is 4.98 Å². The van der Waals surface area contributed by atoms with E-state index < -0.39 is 0 Å². The van der Waals surface area contributed by atoms with Crippen LogP contribution >= 0.6 is 0 Å². The van der Waals surface area contributed by atoms with Crippen LogP contribution in [0.3, 0.4) is 0 Å². The summed E-state index contributed by atoms with van der Waals surface area (Å²) in [5.41, 5.74) is 6.57. The predicted molar refractivity (Wildman–Crippen MR) is 58.2 cm³/mol. The number of hydrogen-bond acceptors (Lipinski definition) is 4. The number of methoxy groups -OCH3 is 1. The van der Waals surface area contributed by atoms with Crippen LogP contribution in [0.5, 0.6) is 0 Å². The molecule has 0 bridgehead atoms. The van der Waals surface area contributed by atoms with E-state index in [-0.39, 0.29) is 0 Å². The van der Waals surface area contributed by atoms with Crippen molar-refractivity contribution in [2.45, 2.75) is 12.8 Å². The molecule has 4 heteroatoms. The summed E-state index contributed by atoms with van der Waals surface area (Å²) in [6.07, 6.45) is 3.82. The van der Waals surface area contributed by atoms with Gasteiger partial charge >= 0.3 is 0 Å². The first kappa shape index (κ1) is 10.8. The topological polar surface area (TPSA) is 60.2 Å². The Balaban J connectivity index is 2.21. The molecule has 0 aromatic carbocycles. The SMILES string of the molecule is COCCCCNc1cccnc1N. The van der Waals surface area contributed by atoms with Gasteiger partial charge in [0.15, 0.2) is 0 Å². The van der Waals surface area contributed by atoms with Crippen molar-refractivity contribution in [2.75, 3.05) is 31.3 Å². The molecule has 0 unspecified atom stereocenters. The zero-order chi connectivity index (χ0) is 10.2. The highest BCUT2D eigenvalue weighted by molar-refractivity contribution is 5.60. The first-order valence-electron chi connectivity index (χ1n) is 4.78. The minimum Gasteiger partial charge on any atom is -0.385 e. The molecular weight excluding hydrogens is 178 g/mol. The molecular formula is C10H17N3O. The molecule has 0 spiro atoms. The molecule has 14 heavy (non-hydrogen) atoms. The highest BCUT2D eigenvalue weighted by Crippen LogP contribution is 2.13. The monoisotopic (exact) mass is 195 g/mol. The normalized spacial score (nSPS) is 10.1. The van der Waals surface area contributed by atoms with Gasteiger partial charge in [-0.3, -0.25) is 0 Å². The molecule has 1 aromatic heterocycles. The largest absolute Gasteiger partial charge is 0.385 e. The van der Waals surface area contributed by atoms with E-state index in [1.54, 1.807) is 13.3 Å². The van der Waals surface area contributed by atoms with Crippen LogP contribution in [0, 0.1) is 0 Å². The predicted octanol–water partition coefficient (Wildman–Crippen LogP) is 1.50. The standard InChI is InChI=1S/C10H17N3O/c1-14-8-3-2-6-12-9-5-4-7-13-10(9)11/h4-5,7,12H,2-3,6,8H2,1H3,(H2,11,13). The van der Waals surface area contributed by atoms with Gasteiger partial charge in [0.2, 0.25) is 0 Å². The molecule has 0 saturated heterocycles. The minimum atomic E-state index is 0.555. The van der Waals surface area contributed by atoms with E-state index in [4.69, 9.17) is 10.5 Å². The summed E-state index contributed by atoms with van der Waals surface area (Å²) < 4.78 is 4.95. The Bertz CT molecular complexity index is 265. The van der Waals surface area contributed by atoms with E-state index in [9.17, 15) is 0 Å². The number of nitrogens with two attached hydrogens (primary N) is 1. The maximum atomic E-state index is 5.66. The summed E-state index contributed by atoms with van der Waals surface area (Å²) in [6.45, 7) is 1.71. The molecule has 4 nitrogen and oxygen atoms in total. The number of pyridine rings is 1. The molecule has 0 aliphatic carbocycles. The molecule has 1 rings (SSSR count). The molecule has 1 aromatic rings. The molecule has 1 heterocycles. The Morgan fingerprint density at radius 1 is 1.50 bits per heavy atom. The van der Waals surface area contributed by atoms with Crippen molar-refractivity contribution in [2.24, 2.45) is 0 Å². The van der Waals surface area contributed by atoms with Gasteiger partial charge in [-0.25, -0.2) is 4.98 Å². The summed E-state index contributed by atoms with van der Waals surface area (Å²) in [5.74, 6) is 0.555. The van der Waals surface area contributed by atoms with E-state index in [2.05, 4.69) is 10.3 Å². The molecule has 3 N–H and O–H groups in total.